The summed E-state index contributed by atoms with van der Waals surface area (Å²) in [5.74, 6) is -0.00806. The molecule has 0 aromatic rings. The third kappa shape index (κ3) is 10.2. The van der Waals surface area contributed by atoms with Crippen LogP contribution in [0, 0.1) is 0 Å². The van der Waals surface area contributed by atoms with Gasteiger partial charge in [-0.3, -0.25) is 0 Å². The minimum Gasteiger partial charge on any atom is -0.360 e. The Balaban J connectivity index is 3.21. The van der Waals surface area contributed by atoms with E-state index >= 15 is 0 Å². The fourth-order valence-corrected chi connectivity index (χ4v) is 3.62. The van der Waals surface area contributed by atoms with E-state index in [0.717, 1.165) is 19.0 Å². The first-order valence-corrected chi connectivity index (χ1v) is 8.93. The van der Waals surface area contributed by atoms with Gasteiger partial charge in [-0.25, -0.2) is 0 Å². The second-order valence-electron chi connectivity index (χ2n) is 3.93. The van der Waals surface area contributed by atoms with Gasteiger partial charge in [-0.15, -0.1) is 0 Å². The third-order valence-corrected chi connectivity index (χ3v) is 5.48. The zero-order valence-electron chi connectivity index (χ0n) is 12.0. The summed E-state index contributed by atoms with van der Waals surface area (Å²) in [5, 5.41) is 0. The van der Waals surface area contributed by atoms with E-state index < -0.39 is 0 Å². The molecule has 106 valence electrons. The molecule has 0 saturated heterocycles. The van der Waals surface area contributed by atoms with Crippen LogP contribution in [0.2, 0.25) is 12.1 Å². The Kier molecular flexibility index (Phi) is 13.9. The number of methoxy groups -OCH3 is 4. The molecule has 0 aliphatic carbocycles. The van der Waals surface area contributed by atoms with Crippen LogP contribution in [0.5, 0.6) is 0 Å². The molecule has 4 radical (unpaired) electrons. The minimum atomic E-state index is -0.00403. The van der Waals surface area contributed by atoms with Crippen molar-refractivity contribution in [3.05, 3.63) is 0 Å². The highest BCUT2D eigenvalue weighted by Crippen LogP contribution is 2.08. The Morgan fingerprint density at radius 2 is 0.944 bits per heavy atom. The van der Waals surface area contributed by atoms with E-state index in [1.165, 1.54) is 37.8 Å². The van der Waals surface area contributed by atoms with Gasteiger partial charge in [0.05, 0.1) is 0 Å². The number of ether oxygens (including phenoxy) is 4. The molecule has 0 aliphatic rings. The smallest absolute Gasteiger partial charge is 0.136 e. The summed E-state index contributed by atoms with van der Waals surface area (Å²) in [6.45, 7) is 0. The average Bonchev–Trinajstić information content (AvgIpc) is 2.41. The normalized spacial score (nSPS) is 11.7. The summed E-state index contributed by atoms with van der Waals surface area (Å²) in [5.41, 5.74) is 0. The van der Waals surface area contributed by atoms with Gasteiger partial charge in [0.1, 0.15) is 30.9 Å². The largest absolute Gasteiger partial charge is 0.360 e. The van der Waals surface area contributed by atoms with Gasteiger partial charge < -0.3 is 18.9 Å². The molecular weight excluding hydrogens is 264 g/mol. The fraction of sp³-hybridized carbons (Fsp3) is 1.00. The minimum absolute atomic E-state index is 0.00403. The molecule has 0 aromatic heterocycles. The summed E-state index contributed by atoms with van der Waals surface area (Å²) in [7, 11) is 8.29. The topological polar surface area (TPSA) is 36.9 Å². The van der Waals surface area contributed by atoms with Crippen molar-refractivity contribution in [1.29, 1.82) is 0 Å². The molecule has 6 heteroatoms. The van der Waals surface area contributed by atoms with Crippen molar-refractivity contribution < 1.29 is 18.9 Å². The van der Waals surface area contributed by atoms with Gasteiger partial charge >= 0.3 is 0 Å². The van der Waals surface area contributed by atoms with Gasteiger partial charge in [0.2, 0.25) is 0 Å². The van der Waals surface area contributed by atoms with E-state index in [0.29, 0.717) is 0 Å². The molecule has 0 bridgehead atoms. The fourth-order valence-electron chi connectivity index (χ4n) is 1.57. The van der Waals surface area contributed by atoms with Crippen LogP contribution in [0.3, 0.4) is 0 Å². The first-order valence-electron chi connectivity index (χ1n) is 6.36. The second kappa shape index (κ2) is 13.7. The summed E-state index contributed by atoms with van der Waals surface area (Å²) < 4.78 is 20.6. The van der Waals surface area contributed by atoms with E-state index in [9.17, 15) is 0 Å². The van der Waals surface area contributed by atoms with Crippen LogP contribution in [0.4, 0.5) is 0 Å². The Hall–Kier alpha value is 0.274. The van der Waals surface area contributed by atoms with Crippen molar-refractivity contribution in [2.45, 2.75) is 49.6 Å². The lowest BCUT2D eigenvalue weighted by molar-refractivity contribution is -0.0443. The molecule has 0 heterocycles. The zero-order valence-corrected chi connectivity index (χ0v) is 14.0. The van der Waals surface area contributed by atoms with Gasteiger partial charge in [-0.2, -0.15) is 0 Å². The highest BCUT2D eigenvalue weighted by atomic mass is 28.2. The number of hydrogen-bond acceptors (Lipinski definition) is 4. The summed E-state index contributed by atoms with van der Waals surface area (Å²) in [4.78, 5) is 0. The number of rotatable bonds is 13. The van der Waals surface area contributed by atoms with Crippen molar-refractivity contribution in [1.82, 2.24) is 0 Å². The Labute approximate surface area is 116 Å². The van der Waals surface area contributed by atoms with Crippen molar-refractivity contribution in [2.24, 2.45) is 0 Å². The average molecular weight is 291 g/mol. The van der Waals surface area contributed by atoms with E-state index in [1.807, 2.05) is 0 Å². The van der Waals surface area contributed by atoms with Crippen LogP contribution in [-0.4, -0.2) is 59.3 Å². The molecule has 0 unspecified atom stereocenters. The molecule has 0 aliphatic heterocycles. The molecule has 4 nitrogen and oxygen atoms in total. The Bertz CT molecular complexity index is 146. The van der Waals surface area contributed by atoms with Crippen molar-refractivity contribution >= 4 is 19.0 Å². The van der Waals surface area contributed by atoms with E-state index in [2.05, 4.69) is 0 Å². The molecular formula is C12H26O4Si2. The highest BCUT2D eigenvalue weighted by molar-refractivity contribution is 6.36. The van der Waals surface area contributed by atoms with Crippen LogP contribution in [-0.2, 0) is 18.9 Å². The lowest BCUT2D eigenvalue weighted by Gasteiger charge is -2.12. The van der Waals surface area contributed by atoms with Crippen molar-refractivity contribution in [2.75, 3.05) is 28.4 Å². The molecule has 0 saturated carbocycles. The lowest BCUT2D eigenvalue weighted by Crippen LogP contribution is -2.21. The maximum atomic E-state index is 5.16. The van der Waals surface area contributed by atoms with Crippen LogP contribution >= 0.6 is 0 Å². The molecule has 0 atom stereocenters. The van der Waals surface area contributed by atoms with E-state index in [-0.39, 0.29) is 11.8 Å². The molecule has 0 spiro atoms. The molecule has 0 fully saturated rings. The van der Waals surface area contributed by atoms with Crippen LogP contribution in [0.25, 0.3) is 0 Å². The maximum absolute atomic E-state index is 5.16. The Morgan fingerprint density at radius 3 is 1.22 bits per heavy atom. The maximum Gasteiger partial charge on any atom is 0.136 e. The monoisotopic (exact) mass is 290 g/mol. The van der Waals surface area contributed by atoms with Gasteiger partial charge in [0.15, 0.2) is 0 Å². The van der Waals surface area contributed by atoms with Gasteiger partial charge in [-0.1, -0.05) is 37.8 Å². The third-order valence-electron chi connectivity index (χ3n) is 2.58. The summed E-state index contributed by atoms with van der Waals surface area (Å²) >= 11 is 0. The molecule has 18 heavy (non-hydrogen) atoms. The molecule has 0 aromatic carbocycles. The van der Waals surface area contributed by atoms with Crippen LogP contribution < -0.4 is 0 Å². The summed E-state index contributed by atoms with van der Waals surface area (Å²) in [6, 6.07) is 2.40. The standard InChI is InChI=1S/C12H26O4Si2/c1-13-11(14-2)17-9-7-5-6-8-10-18-12(15-3)16-4/h11-12H,5-10H2,1-4H3. The highest BCUT2D eigenvalue weighted by Gasteiger charge is 2.06. The predicted octanol–water partition coefficient (Wildman–Crippen LogP) is 1.94. The van der Waals surface area contributed by atoms with Crippen LogP contribution in [0.1, 0.15) is 25.7 Å². The summed E-state index contributed by atoms with van der Waals surface area (Å²) in [6.07, 6.45) is 5.12. The van der Waals surface area contributed by atoms with Gasteiger partial charge in [0, 0.05) is 28.4 Å². The lowest BCUT2D eigenvalue weighted by atomic mass is 10.2. The zero-order chi connectivity index (χ0) is 13.6. The SMILES string of the molecule is COC(OC)[Si]CCCCCC[Si]C(OC)OC. The van der Waals surface area contributed by atoms with Gasteiger partial charge in [0.25, 0.3) is 0 Å². The van der Waals surface area contributed by atoms with E-state index in [1.54, 1.807) is 28.4 Å². The second-order valence-corrected chi connectivity index (χ2v) is 6.69. The van der Waals surface area contributed by atoms with Crippen LogP contribution in [0.15, 0.2) is 0 Å². The number of unbranched alkanes of at least 4 members (excludes halogenated alkanes) is 3. The van der Waals surface area contributed by atoms with Crippen molar-refractivity contribution in [3.8, 4) is 0 Å². The first kappa shape index (κ1) is 18.3. The predicted molar refractivity (Wildman–Crippen MR) is 75.2 cm³/mol. The molecule has 0 amide bonds. The quantitative estimate of drug-likeness (QED) is 0.295. The Morgan fingerprint density at radius 1 is 0.611 bits per heavy atom. The first-order chi connectivity index (χ1) is 8.78. The molecule has 0 rings (SSSR count). The molecule has 0 N–H and O–H groups in total. The van der Waals surface area contributed by atoms with Crippen molar-refractivity contribution in [3.63, 3.8) is 0 Å². The number of hydrogen-bond donors (Lipinski definition) is 0. The van der Waals surface area contributed by atoms with Gasteiger partial charge in [-0.05, 0) is 0 Å². The van der Waals surface area contributed by atoms with E-state index in [4.69, 9.17) is 18.9 Å².